The Morgan fingerprint density at radius 1 is 1.28 bits per heavy atom. The Balaban J connectivity index is 2.18. The zero-order chi connectivity index (χ0) is 13.1. The van der Waals surface area contributed by atoms with Crippen molar-refractivity contribution < 1.29 is 9.32 Å². The standard InChI is InChI=1S/C14H16N2O2/c1-9-4-6-12(8-10(9)2)14-15-13(18-16-14)7-5-11(3)17/h4,6,8H,5,7H2,1-3H3. The van der Waals surface area contributed by atoms with Gasteiger partial charge < -0.3 is 9.32 Å². The van der Waals surface area contributed by atoms with E-state index in [1.165, 1.54) is 11.1 Å². The highest BCUT2D eigenvalue weighted by atomic mass is 16.5. The molecule has 0 unspecified atom stereocenters. The number of benzene rings is 1. The van der Waals surface area contributed by atoms with Crippen molar-refractivity contribution >= 4 is 5.78 Å². The van der Waals surface area contributed by atoms with Crippen LogP contribution in [0.2, 0.25) is 0 Å². The molecule has 0 aliphatic rings. The number of carbonyl (C=O) groups excluding carboxylic acids is 1. The van der Waals surface area contributed by atoms with Gasteiger partial charge in [0.1, 0.15) is 5.78 Å². The molecule has 0 radical (unpaired) electrons. The maximum Gasteiger partial charge on any atom is 0.227 e. The predicted octanol–water partition coefficient (Wildman–Crippen LogP) is 2.88. The second-order valence-corrected chi connectivity index (χ2v) is 4.51. The van der Waals surface area contributed by atoms with E-state index in [0.717, 1.165) is 5.56 Å². The van der Waals surface area contributed by atoms with Gasteiger partial charge >= 0.3 is 0 Å². The largest absolute Gasteiger partial charge is 0.339 e. The van der Waals surface area contributed by atoms with Crippen molar-refractivity contribution in [1.29, 1.82) is 0 Å². The molecule has 0 saturated carbocycles. The van der Waals surface area contributed by atoms with E-state index in [-0.39, 0.29) is 5.78 Å². The first-order valence-corrected chi connectivity index (χ1v) is 5.96. The number of aryl methyl sites for hydroxylation is 3. The first-order valence-electron chi connectivity index (χ1n) is 5.96. The lowest BCUT2D eigenvalue weighted by molar-refractivity contribution is -0.117. The van der Waals surface area contributed by atoms with Crippen molar-refractivity contribution in [3.8, 4) is 11.4 Å². The molecule has 0 amide bonds. The van der Waals surface area contributed by atoms with Gasteiger partial charge in [-0.1, -0.05) is 17.3 Å². The van der Waals surface area contributed by atoms with Crippen LogP contribution in [0.15, 0.2) is 22.7 Å². The number of hydrogen-bond donors (Lipinski definition) is 0. The first-order chi connectivity index (χ1) is 8.56. The van der Waals surface area contributed by atoms with E-state index in [1.54, 1.807) is 6.92 Å². The van der Waals surface area contributed by atoms with E-state index >= 15 is 0 Å². The highest BCUT2D eigenvalue weighted by molar-refractivity contribution is 5.75. The molecule has 2 rings (SSSR count). The molecule has 4 nitrogen and oxygen atoms in total. The molecule has 94 valence electrons. The van der Waals surface area contributed by atoms with Crippen molar-refractivity contribution in [2.45, 2.75) is 33.6 Å². The number of Topliss-reactive ketones (excluding diaryl/α,β-unsaturated/α-hetero) is 1. The molecule has 0 spiro atoms. The minimum Gasteiger partial charge on any atom is -0.339 e. The highest BCUT2D eigenvalue weighted by Gasteiger charge is 2.09. The fraction of sp³-hybridized carbons (Fsp3) is 0.357. The van der Waals surface area contributed by atoms with Crippen molar-refractivity contribution in [2.24, 2.45) is 0 Å². The SMILES string of the molecule is CC(=O)CCc1nc(-c2ccc(C)c(C)c2)no1. The van der Waals surface area contributed by atoms with Gasteiger partial charge in [0.05, 0.1) is 0 Å². The van der Waals surface area contributed by atoms with Gasteiger partial charge in [-0.25, -0.2) is 0 Å². The second kappa shape index (κ2) is 5.12. The van der Waals surface area contributed by atoms with Crippen LogP contribution in [-0.2, 0) is 11.2 Å². The predicted molar refractivity (Wildman–Crippen MR) is 68.2 cm³/mol. The average Bonchev–Trinajstić information content (AvgIpc) is 2.79. The summed E-state index contributed by atoms with van der Waals surface area (Å²) < 4.78 is 5.13. The summed E-state index contributed by atoms with van der Waals surface area (Å²) in [7, 11) is 0. The summed E-state index contributed by atoms with van der Waals surface area (Å²) in [5, 5.41) is 3.94. The van der Waals surface area contributed by atoms with Crippen LogP contribution in [0.3, 0.4) is 0 Å². The third kappa shape index (κ3) is 2.83. The summed E-state index contributed by atoms with van der Waals surface area (Å²) in [4.78, 5) is 15.2. The maximum atomic E-state index is 10.9. The van der Waals surface area contributed by atoms with E-state index in [4.69, 9.17) is 4.52 Å². The Bertz CT molecular complexity index is 573. The van der Waals surface area contributed by atoms with E-state index < -0.39 is 0 Å². The van der Waals surface area contributed by atoms with E-state index in [0.29, 0.717) is 24.6 Å². The molecule has 1 heterocycles. The quantitative estimate of drug-likeness (QED) is 0.829. The molecule has 0 N–H and O–H groups in total. The topological polar surface area (TPSA) is 56.0 Å². The van der Waals surface area contributed by atoms with Crippen LogP contribution in [-0.4, -0.2) is 15.9 Å². The summed E-state index contributed by atoms with van der Waals surface area (Å²) >= 11 is 0. The Kier molecular flexibility index (Phi) is 3.55. The van der Waals surface area contributed by atoms with Gasteiger partial charge in [0.2, 0.25) is 11.7 Å². The second-order valence-electron chi connectivity index (χ2n) is 4.51. The third-order valence-electron chi connectivity index (χ3n) is 2.92. The van der Waals surface area contributed by atoms with Gasteiger partial charge in [-0.2, -0.15) is 4.98 Å². The van der Waals surface area contributed by atoms with Gasteiger partial charge in [0, 0.05) is 18.4 Å². The third-order valence-corrected chi connectivity index (χ3v) is 2.92. The monoisotopic (exact) mass is 244 g/mol. The zero-order valence-corrected chi connectivity index (χ0v) is 10.9. The lowest BCUT2D eigenvalue weighted by Crippen LogP contribution is -1.94. The summed E-state index contributed by atoms with van der Waals surface area (Å²) in [5.74, 6) is 1.22. The molecule has 2 aromatic rings. The number of ketones is 1. The van der Waals surface area contributed by atoms with E-state index in [1.807, 2.05) is 18.2 Å². The maximum absolute atomic E-state index is 10.9. The minimum absolute atomic E-state index is 0.126. The van der Waals surface area contributed by atoms with Gasteiger partial charge in [0.25, 0.3) is 0 Å². The number of hydrogen-bond acceptors (Lipinski definition) is 4. The zero-order valence-electron chi connectivity index (χ0n) is 10.9. The van der Waals surface area contributed by atoms with E-state index in [9.17, 15) is 4.79 Å². The Hall–Kier alpha value is -1.97. The Morgan fingerprint density at radius 2 is 2.06 bits per heavy atom. The summed E-state index contributed by atoms with van der Waals surface area (Å²) in [6.07, 6.45) is 0.946. The Labute approximate surface area is 106 Å². The van der Waals surface area contributed by atoms with Gasteiger partial charge in [-0.05, 0) is 38.0 Å². The normalized spacial score (nSPS) is 10.6. The molecular formula is C14H16N2O2. The van der Waals surface area contributed by atoms with Gasteiger partial charge in [0.15, 0.2) is 0 Å². The molecule has 0 saturated heterocycles. The highest BCUT2D eigenvalue weighted by Crippen LogP contribution is 2.19. The molecule has 0 atom stereocenters. The number of rotatable bonds is 4. The first kappa shape index (κ1) is 12.5. The molecule has 0 fully saturated rings. The summed E-state index contributed by atoms with van der Waals surface area (Å²) in [5.41, 5.74) is 3.37. The van der Waals surface area contributed by atoms with Crippen molar-refractivity contribution in [3.63, 3.8) is 0 Å². The Morgan fingerprint density at radius 3 is 2.72 bits per heavy atom. The number of nitrogens with zero attached hydrogens (tertiary/aromatic N) is 2. The molecule has 4 heteroatoms. The summed E-state index contributed by atoms with van der Waals surface area (Å²) in [6.45, 7) is 5.67. The van der Waals surface area contributed by atoms with Crippen LogP contribution in [0.1, 0.15) is 30.4 Å². The van der Waals surface area contributed by atoms with Crippen LogP contribution in [0.4, 0.5) is 0 Å². The molecule has 1 aromatic heterocycles. The number of aromatic nitrogens is 2. The molecule has 18 heavy (non-hydrogen) atoms. The lowest BCUT2D eigenvalue weighted by Gasteiger charge is -2.00. The number of carbonyl (C=O) groups is 1. The van der Waals surface area contributed by atoms with Gasteiger partial charge in [-0.15, -0.1) is 0 Å². The summed E-state index contributed by atoms with van der Waals surface area (Å²) in [6, 6.07) is 6.05. The van der Waals surface area contributed by atoms with Crippen LogP contribution in [0.25, 0.3) is 11.4 Å². The van der Waals surface area contributed by atoms with Crippen LogP contribution >= 0.6 is 0 Å². The fourth-order valence-corrected chi connectivity index (χ4v) is 1.64. The minimum atomic E-state index is 0.126. The fourth-order valence-electron chi connectivity index (χ4n) is 1.64. The molecule has 0 aliphatic heterocycles. The smallest absolute Gasteiger partial charge is 0.227 e. The van der Waals surface area contributed by atoms with Crippen molar-refractivity contribution in [1.82, 2.24) is 10.1 Å². The molecule has 0 bridgehead atoms. The molecular weight excluding hydrogens is 228 g/mol. The molecule has 1 aromatic carbocycles. The van der Waals surface area contributed by atoms with Gasteiger partial charge in [-0.3, -0.25) is 0 Å². The van der Waals surface area contributed by atoms with Crippen LogP contribution in [0, 0.1) is 13.8 Å². The van der Waals surface area contributed by atoms with Crippen LogP contribution < -0.4 is 0 Å². The van der Waals surface area contributed by atoms with E-state index in [2.05, 4.69) is 24.0 Å². The van der Waals surface area contributed by atoms with Crippen LogP contribution in [0.5, 0.6) is 0 Å². The average molecular weight is 244 g/mol. The van der Waals surface area contributed by atoms with Crippen molar-refractivity contribution in [3.05, 3.63) is 35.2 Å². The molecule has 0 aliphatic carbocycles. The van der Waals surface area contributed by atoms with Crippen molar-refractivity contribution in [2.75, 3.05) is 0 Å². The lowest BCUT2D eigenvalue weighted by atomic mass is 10.1.